The summed E-state index contributed by atoms with van der Waals surface area (Å²) < 4.78 is 1.28. The van der Waals surface area contributed by atoms with Gasteiger partial charge in [-0.05, 0) is 19.1 Å². The predicted octanol–water partition coefficient (Wildman–Crippen LogP) is 2.90. The quantitative estimate of drug-likeness (QED) is 0.570. The molecule has 0 bridgehead atoms. The van der Waals surface area contributed by atoms with E-state index >= 15 is 0 Å². The third-order valence-corrected chi connectivity index (χ3v) is 5.39. The molecule has 0 unspecified atom stereocenters. The molecule has 0 N–H and O–H groups in total. The summed E-state index contributed by atoms with van der Waals surface area (Å²) in [6.45, 7) is 4.28. The third-order valence-electron chi connectivity index (χ3n) is 4.68. The fraction of sp³-hybridized carbons (Fsp3) is 0.412. The van der Waals surface area contributed by atoms with Gasteiger partial charge in [0, 0.05) is 55.4 Å². The second-order valence-corrected chi connectivity index (χ2v) is 7.25. The van der Waals surface area contributed by atoms with Crippen LogP contribution in [0.1, 0.15) is 21.7 Å². The third kappa shape index (κ3) is 3.92. The van der Waals surface area contributed by atoms with Crippen LogP contribution in [-0.2, 0) is 13.6 Å². The molecule has 1 aliphatic heterocycles. The summed E-state index contributed by atoms with van der Waals surface area (Å²) in [6, 6.07) is 5.40. The molecule has 1 saturated heterocycles. The van der Waals surface area contributed by atoms with Gasteiger partial charge in [0.05, 0.1) is 4.92 Å². The van der Waals surface area contributed by atoms with E-state index in [4.69, 9.17) is 23.2 Å². The van der Waals surface area contributed by atoms with Gasteiger partial charge in [-0.25, -0.2) is 0 Å². The Morgan fingerprint density at radius 2 is 1.81 bits per heavy atom. The van der Waals surface area contributed by atoms with E-state index in [0.717, 1.165) is 5.56 Å². The van der Waals surface area contributed by atoms with Gasteiger partial charge in [0.2, 0.25) is 5.69 Å². The minimum atomic E-state index is -0.550. The van der Waals surface area contributed by atoms with Gasteiger partial charge in [-0.1, -0.05) is 29.3 Å². The Bertz CT molecular complexity index is 871. The van der Waals surface area contributed by atoms with Crippen molar-refractivity contribution in [2.45, 2.75) is 13.5 Å². The molecular weight excluding hydrogens is 393 g/mol. The number of nitrogens with zero attached hydrogens (tertiary/aromatic N) is 5. The monoisotopic (exact) mass is 411 g/mol. The van der Waals surface area contributed by atoms with Gasteiger partial charge in [-0.15, -0.1) is 0 Å². The van der Waals surface area contributed by atoms with Crippen LogP contribution in [0.15, 0.2) is 18.2 Å². The van der Waals surface area contributed by atoms with Crippen molar-refractivity contribution in [3.8, 4) is 0 Å². The first-order valence-corrected chi connectivity index (χ1v) is 9.17. The van der Waals surface area contributed by atoms with Gasteiger partial charge >= 0.3 is 5.69 Å². The Kier molecular flexibility index (Phi) is 5.69. The maximum Gasteiger partial charge on any atom is 0.322 e. The Labute approximate surface area is 166 Å². The molecule has 2 heterocycles. The second kappa shape index (κ2) is 7.84. The zero-order chi connectivity index (χ0) is 19.7. The predicted molar refractivity (Wildman–Crippen MR) is 102 cm³/mol. The number of hydrogen-bond acceptors (Lipinski definition) is 5. The summed E-state index contributed by atoms with van der Waals surface area (Å²) in [7, 11) is 1.54. The Morgan fingerprint density at radius 3 is 2.37 bits per heavy atom. The average Bonchev–Trinajstić information content (AvgIpc) is 2.92. The van der Waals surface area contributed by atoms with Crippen molar-refractivity contribution in [1.29, 1.82) is 0 Å². The first-order chi connectivity index (χ1) is 12.8. The van der Waals surface area contributed by atoms with Crippen LogP contribution < -0.4 is 0 Å². The first-order valence-electron chi connectivity index (χ1n) is 8.42. The Hall–Kier alpha value is -2.16. The summed E-state index contributed by atoms with van der Waals surface area (Å²) in [5.41, 5.74) is 0.879. The van der Waals surface area contributed by atoms with Gasteiger partial charge in [-0.2, -0.15) is 5.10 Å². The topological polar surface area (TPSA) is 84.5 Å². The highest BCUT2D eigenvalue weighted by atomic mass is 35.5. The van der Waals surface area contributed by atoms with Crippen molar-refractivity contribution in [3.05, 3.63) is 55.3 Å². The molecule has 0 atom stereocenters. The molecule has 0 aliphatic carbocycles. The normalized spacial score (nSPS) is 15.2. The van der Waals surface area contributed by atoms with Crippen LogP contribution in [0.2, 0.25) is 10.0 Å². The van der Waals surface area contributed by atoms with Crippen molar-refractivity contribution < 1.29 is 9.72 Å². The Balaban J connectivity index is 1.70. The lowest BCUT2D eigenvalue weighted by Gasteiger charge is -2.34. The highest BCUT2D eigenvalue weighted by molar-refractivity contribution is 6.35. The van der Waals surface area contributed by atoms with Crippen molar-refractivity contribution in [1.82, 2.24) is 19.6 Å². The summed E-state index contributed by atoms with van der Waals surface area (Å²) in [5.74, 6) is -0.375. The van der Waals surface area contributed by atoms with E-state index in [2.05, 4.69) is 10.00 Å². The number of halogens is 2. The van der Waals surface area contributed by atoms with Gasteiger partial charge in [-0.3, -0.25) is 24.5 Å². The highest BCUT2D eigenvalue weighted by Crippen LogP contribution is 2.27. The summed E-state index contributed by atoms with van der Waals surface area (Å²) >= 11 is 12.5. The zero-order valence-corrected chi connectivity index (χ0v) is 16.5. The Morgan fingerprint density at radius 1 is 1.22 bits per heavy atom. The molecule has 1 aromatic heterocycles. The van der Waals surface area contributed by atoms with E-state index in [1.807, 2.05) is 0 Å². The molecule has 10 heteroatoms. The number of piperazine rings is 1. The molecule has 1 fully saturated rings. The number of carbonyl (C=O) groups excluding carboxylic acids is 1. The summed E-state index contributed by atoms with van der Waals surface area (Å²) in [5, 5.41) is 16.6. The summed E-state index contributed by atoms with van der Waals surface area (Å²) in [6.07, 6.45) is 0. The van der Waals surface area contributed by atoms with Crippen LogP contribution in [0.4, 0.5) is 5.69 Å². The molecule has 144 valence electrons. The molecule has 2 aromatic rings. The average molecular weight is 412 g/mol. The fourth-order valence-electron chi connectivity index (χ4n) is 3.27. The summed E-state index contributed by atoms with van der Waals surface area (Å²) in [4.78, 5) is 27.4. The van der Waals surface area contributed by atoms with E-state index in [9.17, 15) is 14.9 Å². The lowest BCUT2D eigenvalue weighted by molar-refractivity contribution is -0.385. The van der Waals surface area contributed by atoms with Gasteiger partial charge in [0.25, 0.3) is 5.91 Å². The second-order valence-electron chi connectivity index (χ2n) is 6.43. The molecular formula is C17H19Cl2N5O3. The molecule has 0 spiro atoms. The van der Waals surface area contributed by atoms with E-state index in [1.165, 1.54) is 11.6 Å². The van der Waals surface area contributed by atoms with Crippen LogP contribution in [0.5, 0.6) is 0 Å². The van der Waals surface area contributed by atoms with Crippen LogP contribution >= 0.6 is 23.2 Å². The number of rotatable bonds is 4. The maximum absolute atomic E-state index is 12.8. The molecule has 3 rings (SSSR count). The molecule has 0 saturated carbocycles. The van der Waals surface area contributed by atoms with Crippen LogP contribution in [0.3, 0.4) is 0 Å². The highest BCUT2D eigenvalue weighted by Gasteiger charge is 2.33. The molecule has 8 nitrogen and oxygen atoms in total. The van der Waals surface area contributed by atoms with Crippen molar-refractivity contribution >= 4 is 34.8 Å². The van der Waals surface area contributed by atoms with E-state index in [-0.39, 0.29) is 23.0 Å². The number of nitro groups is 1. The largest absolute Gasteiger partial charge is 0.335 e. The molecule has 1 amide bonds. The van der Waals surface area contributed by atoms with Crippen molar-refractivity contribution in [2.75, 3.05) is 26.2 Å². The van der Waals surface area contributed by atoms with E-state index < -0.39 is 4.92 Å². The van der Waals surface area contributed by atoms with Gasteiger partial charge in [0.15, 0.2) is 0 Å². The molecule has 1 aromatic carbocycles. The fourth-order valence-corrected chi connectivity index (χ4v) is 3.79. The molecule has 1 aliphatic rings. The number of amides is 1. The lowest BCUT2D eigenvalue weighted by Crippen LogP contribution is -2.48. The lowest BCUT2D eigenvalue weighted by atomic mass is 10.2. The number of aryl methyl sites for hydroxylation is 2. The van der Waals surface area contributed by atoms with Crippen molar-refractivity contribution in [2.24, 2.45) is 7.05 Å². The number of carbonyl (C=O) groups is 1. The van der Waals surface area contributed by atoms with Crippen LogP contribution in [-0.4, -0.2) is 56.6 Å². The van der Waals surface area contributed by atoms with Crippen molar-refractivity contribution in [3.63, 3.8) is 0 Å². The number of hydrogen-bond donors (Lipinski definition) is 0. The standard InChI is InChI=1S/C17H19Cl2N5O3/c1-11-15(24(26)27)16(21(2)20-11)17(25)23-8-6-22(7-9-23)10-12-13(18)4-3-5-14(12)19/h3-5H,6-10H2,1-2H3. The van der Waals surface area contributed by atoms with Crippen LogP contribution in [0, 0.1) is 17.0 Å². The van der Waals surface area contributed by atoms with Gasteiger partial charge < -0.3 is 4.90 Å². The van der Waals surface area contributed by atoms with E-state index in [1.54, 1.807) is 30.1 Å². The number of aromatic nitrogens is 2. The maximum atomic E-state index is 12.8. The van der Waals surface area contributed by atoms with Crippen LogP contribution in [0.25, 0.3) is 0 Å². The van der Waals surface area contributed by atoms with Gasteiger partial charge in [0.1, 0.15) is 5.69 Å². The molecule has 0 radical (unpaired) electrons. The molecule has 27 heavy (non-hydrogen) atoms. The van der Waals surface area contributed by atoms with E-state index in [0.29, 0.717) is 42.8 Å². The first kappa shape index (κ1) is 19.6. The minimum Gasteiger partial charge on any atom is -0.335 e. The minimum absolute atomic E-state index is 0.0140. The SMILES string of the molecule is Cc1nn(C)c(C(=O)N2CCN(Cc3c(Cl)cccc3Cl)CC2)c1[N+](=O)[O-]. The number of benzene rings is 1. The zero-order valence-electron chi connectivity index (χ0n) is 15.0. The smallest absolute Gasteiger partial charge is 0.322 e.